The maximum atomic E-state index is 5.79. The van der Waals surface area contributed by atoms with Gasteiger partial charge in [-0.1, -0.05) is 16.8 Å². The third kappa shape index (κ3) is 3.57. The first-order valence-corrected chi connectivity index (χ1v) is 6.39. The summed E-state index contributed by atoms with van der Waals surface area (Å²) >= 11 is 5.79. The molecule has 7 heteroatoms. The first-order valence-electron chi connectivity index (χ1n) is 6.02. The van der Waals surface area contributed by atoms with E-state index in [1.807, 2.05) is 13.8 Å². The first-order chi connectivity index (χ1) is 9.06. The molecule has 0 atom stereocenters. The lowest BCUT2D eigenvalue weighted by atomic mass is 10.1. The molecule has 0 fully saturated rings. The van der Waals surface area contributed by atoms with Crippen molar-refractivity contribution < 1.29 is 4.52 Å². The molecule has 0 spiro atoms. The topological polar surface area (TPSA) is 89.9 Å². The van der Waals surface area contributed by atoms with Crippen molar-refractivity contribution in [1.29, 1.82) is 0 Å². The van der Waals surface area contributed by atoms with Gasteiger partial charge < -0.3 is 15.6 Å². The van der Waals surface area contributed by atoms with E-state index in [1.54, 1.807) is 6.07 Å². The molecule has 0 amide bonds. The molecule has 102 valence electrons. The molecule has 0 bridgehead atoms. The van der Waals surface area contributed by atoms with Gasteiger partial charge in [0, 0.05) is 18.2 Å². The molecule has 2 aromatic rings. The maximum Gasteiger partial charge on any atom is 0.223 e. The van der Waals surface area contributed by atoms with E-state index in [0.29, 0.717) is 11.0 Å². The number of anilines is 2. The van der Waals surface area contributed by atoms with Crippen LogP contribution >= 0.6 is 11.6 Å². The lowest BCUT2D eigenvalue weighted by Crippen LogP contribution is -2.07. The van der Waals surface area contributed by atoms with Crippen LogP contribution < -0.4 is 11.1 Å². The predicted octanol–water partition coefficient (Wildman–Crippen LogP) is 2.36. The summed E-state index contributed by atoms with van der Waals surface area (Å²) in [5.74, 6) is 1.68. The van der Waals surface area contributed by atoms with Crippen LogP contribution in [0.5, 0.6) is 0 Å². The minimum atomic E-state index is 0.167. The van der Waals surface area contributed by atoms with E-state index >= 15 is 0 Å². The molecular weight excluding hydrogens is 266 g/mol. The van der Waals surface area contributed by atoms with Crippen LogP contribution in [0.3, 0.4) is 0 Å². The van der Waals surface area contributed by atoms with Gasteiger partial charge in [-0.3, -0.25) is 0 Å². The Balaban J connectivity index is 1.84. The highest BCUT2D eigenvalue weighted by Gasteiger charge is 2.08. The molecule has 6 nitrogen and oxygen atoms in total. The molecule has 0 saturated carbocycles. The third-order valence-electron chi connectivity index (χ3n) is 2.80. The lowest BCUT2D eigenvalue weighted by Gasteiger charge is -2.06. The van der Waals surface area contributed by atoms with Crippen molar-refractivity contribution in [3.05, 3.63) is 28.2 Å². The minimum Gasteiger partial charge on any atom is -0.370 e. The molecule has 0 radical (unpaired) electrons. The number of nitrogens with two attached hydrogens (primary N) is 1. The van der Waals surface area contributed by atoms with Crippen molar-refractivity contribution >= 4 is 23.4 Å². The summed E-state index contributed by atoms with van der Waals surface area (Å²) in [6.45, 7) is 4.63. The molecule has 0 aliphatic carbocycles. The normalized spacial score (nSPS) is 10.7. The number of aryl methyl sites for hydroxylation is 2. The Kier molecular flexibility index (Phi) is 4.21. The van der Waals surface area contributed by atoms with Gasteiger partial charge in [-0.05, 0) is 26.7 Å². The van der Waals surface area contributed by atoms with Gasteiger partial charge in [0.1, 0.15) is 16.7 Å². The fourth-order valence-electron chi connectivity index (χ4n) is 1.87. The smallest absolute Gasteiger partial charge is 0.223 e. The Bertz CT molecular complexity index is 529. The van der Waals surface area contributed by atoms with Crippen molar-refractivity contribution in [2.24, 2.45) is 0 Å². The summed E-state index contributed by atoms with van der Waals surface area (Å²) in [5.41, 5.74) is 7.63. The highest BCUT2D eigenvalue weighted by molar-refractivity contribution is 6.29. The van der Waals surface area contributed by atoms with E-state index in [2.05, 4.69) is 20.4 Å². The minimum absolute atomic E-state index is 0.167. The summed E-state index contributed by atoms with van der Waals surface area (Å²) < 4.78 is 5.12. The van der Waals surface area contributed by atoms with E-state index in [9.17, 15) is 0 Å². The fraction of sp³-hybridized carbons (Fsp3) is 0.417. The second-order valence-corrected chi connectivity index (χ2v) is 4.65. The van der Waals surface area contributed by atoms with Crippen molar-refractivity contribution in [3.63, 3.8) is 0 Å². The monoisotopic (exact) mass is 281 g/mol. The van der Waals surface area contributed by atoms with Gasteiger partial charge in [0.15, 0.2) is 0 Å². The van der Waals surface area contributed by atoms with Crippen LogP contribution in [-0.2, 0) is 6.42 Å². The average Bonchev–Trinajstić information content (AvgIpc) is 2.64. The van der Waals surface area contributed by atoms with Gasteiger partial charge in [0.05, 0.1) is 5.69 Å². The zero-order chi connectivity index (χ0) is 13.8. The highest BCUT2D eigenvalue weighted by atomic mass is 35.5. The zero-order valence-corrected chi connectivity index (χ0v) is 11.7. The van der Waals surface area contributed by atoms with Crippen molar-refractivity contribution in [3.8, 4) is 0 Å². The predicted molar refractivity (Wildman–Crippen MR) is 74.2 cm³/mol. The standard InChI is InChI=1S/C12H16ClN5O/c1-7-9(8(2)19-18-7)4-3-5-15-11-6-10(13)16-12(14)17-11/h6H,3-5H2,1-2H3,(H3,14,15,16,17). The summed E-state index contributed by atoms with van der Waals surface area (Å²) in [6.07, 6.45) is 1.84. The van der Waals surface area contributed by atoms with Gasteiger partial charge in [-0.2, -0.15) is 4.98 Å². The third-order valence-corrected chi connectivity index (χ3v) is 3.00. The zero-order valence-electron chi connectivity index (χ0n) is 10.9. The number of hydrogen-bond donors (Lipinski definition) is 2. The van der Waals surface area contributed by atoms with Crippen molar-refractivity contribution in [1.82, 2.24) is 15.1 Å². The summed E-state index contributed by atoms with van der Waals surface area (Å²) in [6, 6.07) is 1.65. The number of nitrogen functional groups attached to an aromatic ring is 1. The van der Waals surface area contributed by atoms with Crippen LogP contribution in [0.1, 0.15) is 23.4 Å². The molecule has 0 aliphatic heterocycles. The quantitative estimate of drug-likeness (QED) is 0.646. The van der Waals surface area contributed by atoms with Gasteiger partial charge >= 0.3 is 0 Å². The van der Waals surface area contributed by atoms with Gasteiger partial charge in [0.2, 0.25) is 5.95 Å². The van der Waals surface area contributed by atoms with Crippen LogP contribution in [0.25, 0.3) is 0 Å². The Morgan fingerprint density at radius 3 is 2.79 bits per heavy atom. The molecule has 3 N–H and O–H groups in total. The van der Waals surface area contributed by atoms with E-state index in [1.165, 1.54) is 5.56 Å². The summed E-state index contributed by atoms with van der Waals surface area (Å²) in [7, 11) is 0. The molecule has 2 rings (SSSR count). The maximum absolute atomic E-state index is 5.79. The molecule has 0 saturated heterocycles. The van der Waals surface area contributed by atoms with Crippen LogP contribution in [0.15, 0.2) is 10.6 Å². The largest absolute Gasteiger partial charge is 0.370 e. The number of aromatic nitrogens is 3. The van der Waals surface area contributed by atoms with Crippen LogP contribution in [-0.4, -0.2) is 21.7 Å². The highest BCUT2D eigenvalue weighted by Crippen LogP contribution is 2.15. The van der Waals surface area contributed by atoms with Crippen molar-refractivity contribution in [2.75, 3.05) is 17.6 Å². The number of hydrogen-bond acceptors (Lipinski definition) is 6. The van der Waals surface area contributed by atoms with E-state index in [4.69, 9.17) is 21.9 Å². The number of rotatable bonds is 5. The van der Waals surface area contributed by atoms with Gasteiger partial charge in [0.25, 0.3) is 0 Å². The van der Waals surface area contributed by atoms with Crippen LogP contribution in [0.2, 0.25) is 5.15 Å². The summed E-state index contributed by atoms with van der Waals surface area (Å²) in [4.78, 5) is 7.84. The Labute approximate surface area is 116 Å². The molecule has 0 unspecified atom stereocenters. The number of nitrogens with one attached hydrogen (secondary N) is 1. The lowest BCUT2D eigenvalue weighted by molar-refractivity contribution is 0.392. The van der Waals surface area contributed by atoms with E-state index in [0.717, 1.165) is 30.8 Å². The first kappa shape index (κ1) is 13.6. The number of halogens is 1. The summed E-state index contributed by atoms with van der Waals surface area (Å²) in [5, 5.41) is 7.42. The average molecular weight is 282 g/mol. The van der Waals surface area contributed by atoms with E-state index in [-0.39, 0.29) is 5.95 Å². The molecule has 0 aliphatic rings. The second-order valence-electron chi connectivity index (χ2n) is 4.27. The number of nitrogens with zero attached hydrogens (tertiary/aromatic N) is 3. The van der Waals surface area contributed by atoms with Crippen molar-refractivity contribution in [2.45, 2.75) is 26.7 Å². The second kappa shape index (κ2) is 5.88. The van der Waals surface area contributed by atoms with Crippen LogP contribution in [0, 0.1) is 13.8 Å². The van der Waals surface area contributed by atoms with Crippen LogP contribution in [0.4, 0.5) is 11.8 Å². The molecule has 2 aromatic heterocycles. The van der Waals surface area contributed by atoms with Gasteiger partial charge in [-0.25, -0.2) is 4.98 Å². The fourth-order valence-corrected chi connectivity index (χ4v) is 2.06. The van der Waals surface area contributed by atoms with Gasteiger partial charge in [-0.15, -0.1) is 0 Å². The molecule has 2 heterocycles. The Morgan fingerprint density at radius 1 is 1.37 bits per heavy atom. The molecule has 19 heavy (non-hydrogen) atoms. The Hall–Kier alpha value is -1.82. The SMILES string of the molecule is Cc1noc(C)c1CCCNc1cc(Cl)nc(N)n1. The molecule has 0 aromatic carbocycles. The van der Waals surface area contributed by atoms with E-state index < -0.39 is 0 Å². The Morgan fingerprint density at radius 2 is 2.16 bits per heavy atom. The molecular formula is C12H16ClN5O.